The van der Waals surface area contributed by atoms with Gasteiger partial charge in [-0.3, -0.25) is 9.10 Å². The zero-order valence-electron chi connectivity index (χ0n) is 21.4. The molecule has 1 aromatic heterocycles. The molecule has 0 aliphatic carbocycles. The molecule has 4 rings (SSSR count). The van der Waals surface area contributed by atoms with Crippen LogP contribution in [0.5, 0.6) is 0 Å². The number of hydrogen-bond acceptors (Lipinski definition) is 7. The molecule has 10 heteroatoms. The van der Waals surface area contributed by atoms with Gasteiger partial charge < -0.3 is 15.3 Å². The molecule has 1 aliphatic heterocycles. The molecule has 0 bridgehead atoms. The summed E-state index contributed by atoms with van der Waals surface area (Å²) in [5.74, 6) is 0.0734. The summed E-state index contributed by atoms with van der Waals surface area (Å²) in [4.78, 5) is 23.1. The summed E-state index contributed by atoms with van der Waals surface area (Å²) in [6.07, 6.45) is 6.41. The summed E-state index contributed by atoms with van der Waals surface area (Å²) in [7, 11) is -4.11. The molecule has 37 heavy (non-hydrogen) atoms. The molecule has 196 valence electrons. The number of aryl methyl sites for hydroxylation is 3. The first-order valence-electron chi connectivity index (χ1n) is 12.4. The van der Waals surface area contributed by atoms with E-state index in [4.69, 9.17) is 0 Å². The lowest BCUT2D eigenvalue weighted by molar-refractivity contribution is -0.135. The predicted octanol–water partition coefficient (Wildman–Crippen LogP) is 4.81. The molecular weight excluding hydrogens is 490 g/mol. The van der Waals surface area contributed by atoms with Gasteiger partial charge in [0.15, 0.2) is 0 Å². The van der Waals surface area contributed by atoms with E-state index >= 15 is 0 Å². The lowest BCUT2D eigenvalue weighted by Gasteiger charge is -2.25. The van der Waals surface area contributed by atoms with Crippen molar-refractivity contribution >= 4 is 39.1 Å². The van der Waals surface area contributed by atoms with Crippen LogP contribution in [0.1, 0.15) is 42.4 Å². The minimum absolute atomic E-state index is 0.128. The van der Waals surface area contributed by atoms with Crippen molar-refractivity contribution in [3.05, 3.63) is 65.4 Å². The van der Waals surface area contributed by atoms with Crippen LogP contribution in [0.15, 0.2) is 53.6 Å². The van der Waals surface area contributed by atoms with Crippen LogP contribution in [-0.4, -0.2) is 49.1 Å². The lowest BCUT2D eigenvalue weighted by Crippen LogP contribution is -2.36. The lowest BCUT2D eigenvalue weighted by atomic mass is 10.1. The van der Waals surface area contributed by atoms with Gasteiger partial charge in [-0.05, 0) is 75.1 Å². The molecule has 2 N–H and O–H groups in total. The van der Waals surface area contributed by atoms with Crippen molar-refractivity contribution in [1.29, 1.82) is 0 Å². The Morgan fingerprint density at radius 3 is 2.22 bits per heavy atom. The average molecular weight is 524 g/mol. The average Bonchev–Trinajstić information content (AvgIpc) is 3.12. The van der Waals surface area contributed by atoms with E-state index in [9.17, 15) is 18.3 Å². The molecule has 0 saturated carbocycles. The number of rotatable bonds is 8. The zero-order valence-corrected chi connectivity index (χ0v) is 22.3. The molecule has 0 unspecified atom stereocenters. The third kappa shape index (κ3) is 6.19. The van der Waals surface area contributed by atoms with Crippen LogP contribution in [-0.2, 0) is 14.8 Å². The van der Waals surface area contributed by atoms with Crippen LogP contribution in [0.2, 0.25) is 0 Å². The topological polar surface area (TPSA) is 116 Å². The van der Waals surface area contributed by atoms with Crippen molar-refractivity contribution < 1.29 is 18.3 Å². The number of sulfonamides is 1. The van der Waals surface area contributed by atoms with Gasteiger partial charge in [0.2, 0.25) is 5.95 Å². The van der Waals surface area contributed by atoms with Crippen LogP contribution < -0.4 is 14.5 Å². The molecule has 3 aromatic rings. The fourth-order valence-electron chi connectivity index (χ4n) is 4.82. The summed E-state index contributed by atoms with van der Waals surface area (Å²) in [5.41, 5.74) is 3.06. The Morgan fingerprint density at radius 1 is 1.00 bits per heavy atom. The highest BCUT2D eigenvalue weighted by Crippen LogP contribution is 2.30. The largest absolute Gasteiger partial charge is 0.480 e. The van der Waals surface area contributed by atoms with Gasteiger partial charge in [-0.1, -0.05) is 30.5 Å². The molecule has 9 nitrogen and oxygen atoms in total. The van der Waals surface area contributed by atoms with Crippen LogP contribution in [0.4, 0.5) is 23.1 Å². The summed E-state index contributed by atoms with van der Waals surface area (Å²) >= 11 is 0. The number of carboxylic acids is 1. The third-order valence-electron chi connectivity index (χ3n) is 6.39. The molecule has 2 aromatic carbocycles. The van der Waals surface area contributed by atoms with Gasteiger partial charge in [-0.25, -0.2) is 13.4 Å². The zero-order chi connectivity index (χ0) is 26.6. The van der Waals surface area contributed by atoms with E-state index in [0.717, 1.165) is 35.8 Å². The van der Waals surface area contributed by atoms with E-state index in [-0.39, 0.29) is 10.6 Å². The number of nitrogens with zero attached hydrogens (tertiary/aromatic N) is 4. The highest BCUT2D eigenvalue weighted by Gasteiger charge is 2.30. The second kappa shape index (κ2) is 11.2. The maximum atomic E-state index is 13.6. The van der Waals surface area contributed by atoms with Gasteiger partial charge in [0.05, 0.1) is 10.6 Å². The van der Waals surface area contributed by atoms with Crippen molar-refractivity contribution in [2.24, 2.45) is 0 Å². The Labute approximate surface area is 218 Å². The first-order chi connectivity index (χ1) is 17.6. The van der Waals surface area contributed by atoms with E-state index in [2.05, 4.69) is 20.2 Å². The van der Waals surface area contributed by atoms with E-state index in [0.29, 0.717) is 28.6 Å². The van der Waals surface area contributed by atoms with Crippen LogP contribution in [0.3, 0.4) is 0 Å². The number of benzene rings is 2. The number of hydrogen-bond donors (Lipinski definition) is 2. The van der Waals surface area contributed by atoms with Gasteiger partial charge >= 0.3 is 5.97 Å². The Hall–Kier alpha value is -3.66. The molecule has 1 fully saturated rings. The van der Waals surface area contributed by atoms with Crippen molar-refractivity contribution in [2.75, 3.05) is 34.2 Å². The SMILES string of the molecule is Cc1cc(C)c(S(=O)(=O)N(CC(=O)O)c2ccc(Nc3ccnc(N4CCCCCC4)n3)cc2)c(C)c1. The summed E-state index contributed by atoms with van der Waals surface area (Å²) < 4.78 is 28.2. The van der Waals surface area contributed by atoms with Gasteiger partial charge in [0.25, 0.3) is 10.0 Å². The number of anilines is 4. The fraction of sp³-hybridized carbons (Fsp3) is 0.370. The standard InChI is InChI=1S/C27H33N5O4S/c1-19-16-20(2)26(21(3)17-19)37(35,36)32(18-25(33)34)23-10-8-22(9-11-23)29-24-12-13-28-27(30-24)31-14-6-4-5-7-15-31/h8-13,16-17H,4-7,14-15,18H2,1-3H3,(H,33,34)(H,28,29,30). The van der Waals surface area contributed by atoms with Gasteiger partial charge in [0.1, 0.15) is 12.4 Å². The second-order valence-electron chi connectivity index (χ2n) is 9.45. The Bertz CT molecular complexity index is 1340. The smallest absolute Gasteiger partial charge is 0.324 e. The number of carbonyl (C=O) groups is 1. The minimum atomic E-state index is -4.11. The van der Waals surface area contributed by atoms with E-state index in [1.165, 1.54) is 12.8 Å². The van der Waals surface area contributed by atoms with Gasteiger partial charge in [-0.2, -0.15) is 4.98 Å². The predicted molar refractivity (Wildman–Crippen MR) is 145 cm³/mol. The van der Waals surface area contributed by atoms with E-state index in [1.807, 2.05) is 6.92 Å². The maximum Gasteiger partial charge on any atom is 0.324 e. The monoisotopic (exact) mass is 523 g/mol. The Balaban J connectivity index is 1.59. The molecule has 0 amide bonds. The Kier molecular flexibility index (Phi) is 7.97. The number of aliphatic carboxylic acids is 1. The molecule has 0 spiro atoms. The van der Waals surface area contributed by atoms with E-state index < -0.39 is 22.5 Å². The third-order valence-corrected chi connectivity index (χ3v) is 8.47. The van der Waals surface area contributed by atoms with Crippen molar-refractivity contribution in [1.82, 2.24) is 9.97 Å². The number of carboxylic acid groups (broad SMARTS) is 1. The quantitative estimate of drug-likeness (QED) is 0.432. The van der Waals surface area contributed by atoms with Crippen LogP contribution in [0.25, 0.3) is 0 Å². The molecular formula is C27H33N5O4S. The van der Waals surface area contributed by atoms with E-state index in [1.54, 1.807) is 62.5 Å². The van der Waals surface area contributed by atoms with Gasteiger partial charge in [-0.15, -0.1) is 0 Å². The van der Waals surface area contributed by atoms with Crippen LogP contribution in [0, 0.1) is 20.8 Å². The fourth-order valence-corrected chi connectivity index (χ4v) is 6.65. The highest BCUT2D eigenvalue weighted by molar-refractivity contribution is 7.93. The van der Waals surface area contributed by atoms with Crippen molar-refractivity contribution in [3.8, 4) is 0 Å². The number of aromatic nitrogens is 2. The van der Waals surface area contributed by atoms with Crippen molar-refractivity contribution in [2.45, 2.75) is 51.3 Å². The summed E-state index contributed by atoms with van der Waals surface area (Å²) in [6, 6.07) is 12.0. The number of nitrogens with one attached hydrogen (secondary N) is 1. The molecule has 2 heterocycles. The minimum Gasteiger partial charge on any atom is -0.480 e. The maximum absolute atomic E-state index is 13.6. The summed E-state index contributed by atoms with van der Waals surface area (Å²) in [6.45, 7) is 6.53. The first kappa shape index (κ1) is 26.4. The molecule has 1 aliphatic rings. The molecule has 0 atom stereocenters. The normalized spacial score (nSPS) is 14.2. The van der Waals surface area contributed by atoms with Gasteiger partial charge in [0, 0.05) is 25.0 Å². The highest BCUT2D eigenvalue weighted by atomic mass is 32.2. The first-order valence-corrected chi connectivity index (χ1v) is 13.9. The molecule has 1 saturated heterocycles. The Morgan fingerprint density at radius 2 is 1.62 bits per heavy atom. The molecule has 0 radical (unpaired) electrons. The second-order valence-corrected chi connectivity index (χ2v) is 11.2. The summed E-state index contributed by atoms with van der Waals surface area (Å²) in [5, 5.41) is 12.7. The van der Waals surface area contributed by atoms with Crippen LogP contribution >= 0.6 is 0 Å². The van der Waals surface area contributed by atoms with Crippen molar-refractivity contribution in [3.63, 3.8) is 0 Å².